The molecule has 1 aliphatic heterocycles. The highest BCUT2D eigenvalue weighted by molar-refractivity contribution is 5.93. The molecule has 37 heavy (non-hydrogen) atoms. The van der Waals surface area contributed by atoms with Gasteiger partial charge in [0.05, 0.1) is 12.5 Å². The quantitative estimate of drug-likeness (QED) is 0.389. The van der Waals surface area contributed by atoms with E-state index < -0.39 is 30.0 Å². The molecule has 0 spiro atoms. The number of nitrogens with zero attached hydrogens (tertiary/aromatic N) is 1. The van der Waals surface area contributed by atoms with Crippen LogP contribution < -0.4 is 5.43 Å². The Bertz CT molecular complexity index is 1120. The van der Waals surface area contributed by atoms with Gasteiger partial charge in [-0.25, -0.2) is 9.40 Å². The molecule has 9 heteroatoms. The van der Waals surface area contributed by atoms with Gasteiger partial charge in [-0.05, 0) is 49.4 Å². The smallest absolute Gasteiger partial charge is 0.310 e. The van der Waals surface area contributed by atoms with Crippen molar-refractivity contribution in [3.63, 3.8) is 0 Å². The first-order valence-electron chi connectivity index (χ1n) is 13.3. The van der Waals surface area contributed by atoms with Crippen molar-refractivity contribution in [2.75, 3.05) is 0 Å². The molecule has 8 nitrogen and oxygen atoms in total. The molecule has 0 radical (unpaired) electrons. The van der Waals surface area contributed by atoms with Crippen LogP contribution in [0.5, 0.6) is 0 Å². The van der Waals surface area contributed by atoms with Gasteiger partial charge in [0.1, 0.15) is 17.6 Å². The van der Waals surface area contributed by atoms with E-state index in [0.29, 0.717) is 17.2 Å². The summed E-state index contributed by atoms with van der Waals surface area (Å²) in [5, 5.41) is 1.21. The van der Waals surface area contributed by atoms with E-state index in [1.54, 1.807) is 18.2 Å². The van der Waals surface area contributed by atoms with Crippen molar-refractivity contribution in [1.29, 1.82) is 0 Å². The minimum atomic E-state index is -0.939. The zero-order valence-corrected chi connectivity index (χ0v) is 20.8. The van der Waals surface area contributed by atoms with Crippen molar-refractivity contribution in [2.45, 2.75) is 89.1 Å². The molecular formula is C28H33FN2O6. The normalized spacial score (nSPS) is 22.4. The molecular weight excluding hydrogens is 479 g/mol. The van der Waals surface area contributed by atoms with Crippen LogP contribution in [0.3, 0.4) is 0 Å². The number of benzene rings is 1. The number of furan rings is 1. The molecule has 0 bridgehead atoms. The molecule has 2 atom stereocenters. The Hall–Kier alpha value is -3.20. The summed E-state index contributed by atoms with van der Waals surface area (Å²) in [6.07, 6.45) is 8.32. The van der Waals surface area contributed by atoms with Crippen molar-refractivity contribution in [1.82, 2.24) is 10.4 Å². The summed E-state index contributed by atoms with van der Waals surface area (Å²) in [5.74, 6) is -1.04. The summed E-state index contributed by atoms with van der Waals surface area (Å²) in [7, 11) is 0. The SMILES string of the molecule is O=C1C[C@H](N(NC(=O)c2ccc(-c3cccc(F)c3)o2)C(=O)CCC2CCCC2)C(OC2CCCC2)O1. The number of hydrogen-bond acceptors (Lipinski definition) is 6. The van der Waals surface area contributed by atoms with Gasteiger partial charge in [-0.3, -0.25) is 19.8 Å². The number of halogens is 1. The molecule has 3 fully saturated rings. The van der Waals surface area contributed by atoms with E-state index in [-0.39, 0.29) is 30.6 Å². The molecule has 1 aromatic heterocycles. The van der Waals surface area contributed by atoms with E-state index in [1.165, 1.54) is 36.0 Å². The average molecular weight is 513 g/mol. The number of hydrogen-bond donors (Lipinski definition) is 1. The van der Waals surface area contributed by atoms with Crippen LogP contribution in [-0.4, -0.2) is 41.2 Å². The van der Waals surface area contributed by atoms with Crippen LogP contribution in [-0.2, 0) is 19.1 Å². The summed E-state index contributed by atoms with van der Waals surface area (Å²) in [5.41, 5.74) is 3.16. The second kappa shape index (κ2) is 11.5. The minimum Gasteiger partial charge on any atom is -0.451 e. The van der Waals surface area contributed by atoms with Crippen molar-refractivity contribution in [3.05, 3.63) is 48.0 Å². The molecule has 3 aliphatic rings. The Morgan fingerprint density at radius 1 is 1.05 bits per heavy atom. The maximum Gasteiger partial charge on any atom is 0.310 e. The fourth-order valence-corrected chi connectivity index (χ4v) is 5.57. The highest BCUT2D eigenvalue weighted by atomic mass is 19.1. The number of cyclic esters (lactones) is 1. The Morgan fingerprint density at radius 3 is 2.57 bits per heavy atom. The van der Waals surface area contributed by atoms with Gasteiger partial charge in [-0.2, -0.15) is 0 Å². The second-order valence-electron chi connectivity index (χ2n) is 10.2. The Morgan fingerprint density at radius 2 is 1.81 bits per heavy atom. The molecule has 2 aliphatic carbocycles. The predicted octanol–water partition coefficient (Wildman–Crippen LogP) is 5.13. The zero-order valence-electron chi connectivity index (χ0n) is 20.8. The third-order valence-electron chi connectivity index (χ3n) is 7.57. The topological polar surface area (TPSA) is 98.1 Å². The molecule has 1 saturated heterocycles. The summed E-state index contributed by atoms with van der Waals surface area (Å²) in [6, 6.07) is 8.14. The van der Waals surface area contributed by atoms with Crippen molar-refractivity contribution >= 4 is 17.8 Å². The lowest BCUT2D eigenvalue weighted by Crippen LogP contribution is -2.55. The lowest BCUT2D eigenvalue weighted by Gasteiger charge is -2.32. The fourth-order valence-electron chi connectivity index (χ4n) is 5.57. The standard InChI is InChI=1S/C28H33FN2O6/c29-20-9-5-8-19(16-20)23-13-14-24(36-23)27(34)30-31(25(32)15-12-18-6-1-2-7-18)22-17-26(33)37-28(22)35-21-10-3-4-11-21/h5,8-9,13-14,16,18,21-22,28H,1-4,6-7,10-12,15,17H2,(H,30,34)/t22-,28?/m0/s1. The van der Waals surface area contributed by atoms with E-state index in [0.717, 1.165) is 44.9 Å². The van der Waals surface area contributed by atoms with E-state index in [9.17, 15) is 18.8 Å². The fraction of sp³-hybridized carbons (Fsp3) is 0.536. The second-order valence-corrected chi connectivity index (χ2v) is 10.2. The molecule has 2 amide bonds. The van der Waals surface area contributed by atoms with Crippen molar-refractivity contribution < 1.29 is 32.7 Å². The monoisotopic (exact) mass is 512 g/mol. The average Bonchev–Trinajstić information content (AvgIpc) is 3.70. The molecule has 1 N–H and O–H groups in total. The number of amides is 2. The van der Waals surface area contributed by atoms with Gasteiger partial charge in [0.2, 0.25) is 12.2 Å². The van der Waals surface area contributed by atoms with Crippen molar-refractivity contribution in [3.8, 4) is 11.3 Å². The molecule has 2 heterocycles. The maximum atomic E-state index is 13.6. The first-order chi connectivity index (χ1) is 18.0. The lowest BCUT2D eigenvalue weighted by molar-refractivity contribution is -0.185. The Kier molecular flexibility index (Phi) is 7.88. The van der Waals surface area contributed by atoms with Crippen LogP contribution >= 0.6 is 0 Å². The van der Waals surface area contributed by atoms with Crippen LogP contribution in [0.4, 0.5) is 4.39 Å². The molecule has 5 rings (SSSR count). The number of rotatable bonds is 8. The molecule has 1 unspecified atom stereocenters. The molecule has 198 valence electrons. The number of esters is 1. The van der Waals surface area contributed by atoms with Gasteiger partial charge in [0.25, 0.3) is 0 Å². The van der Waals surface area contributed by atoms with Crippen molar-refractivity contribution in [2.24, 2.45) is 5.92 Å². The first kappa shape index (κ1) is 25.4. The number of hydrazine groups is 1. The highest BCUT2D eigenvalue weighted by Crippen LogP contribution is 2.31. The third kappa shape index (κ3) is 6.21. The summed E-state index contributed by atoms with van der Waals surface area (Å²) in [6.45, 7) is 0. The number of ether oxygens (including phenoxy) is 2. The molecule has 2 saturated carbocycles. The maximum absolute atomic E-state index is 13.6. The summed E-state index contributed by atoms with van der Waals surface area (Å²) < 4.78 is 30.8. The van der Waals surface area contributed by atoms with Gasteiger partial charge in [-0.1, -0.05) is 50.7 Å². The molecule has 1 aromatic carbocycles. The van der Waals surface area contributed by atoms with Crippen LogP contribution in [0.1, 0.15) is 81.2 Å². The van der Waals surface area contributed by atoms with Gasteiger partial charge >= 0.3 is 11.9 Å². The Balaban J connectivity index is 1.33. The van der Waals surface area contributed by atoms with E-state index in [4.69, 9.17) is 13.9 Å². The van der Waals surface area contributed by atoms with E-state index in [2.05, 4.69) is 5.43 Å². The predicted molar refractivity (Wildman–Crippen MR) is 131 cm³/mol. The zero-order chi connectivity index (χ0) is 25.8. The highest BCUT2D eigenvalue weighted by Gasteiger charge is 2.44. The van der Waals surface area contributed by atoms with Crippen LogP contribution in [0.2, 0.25) is 0 Å². The van der Waals surface area contributed by atoms with Gasteiger partial charge in [-0.15, -0.1) is 0 Å². The molecule has 2 aromatic rings. The van der Waals surface area contributed by atoms with Gasteiger partial charge < -0.3 is 13.9 Å². The minimum absolute atomic E-state index is 0.0358. The number of carbonyl (C=O) groups is 3. The van der Waals surface area contributed by atoms with Crippen LogP contribution in [0.15, 0.2) is 40.8 Å². The van der Waals surface area contributed by atoms with Gasteiger partial charge in [0.15, 0.2) is 5.76 Å². The van der Waals surface area contributed by atoms with E-state index >= 15 is 0 Å². The van der Waals surface area contributed by atoms with Gasteiger partial charge in [0, 0.05) is 12.0 Å². The lowest BCUT2D eigenvalue weighted by atomic mass is 10.0. The third-order valence-corrected chi connectivity index (χ3v) is 7.57. The summed E-state index contributed by atoms with van der Waals surface area (Å²) in [4.78, 5) is 38.9. The van der Waals surface area contributed by atoms with Crippen LogP contribution in [0, 0.1) is 11.7 Å². The number of nitrogens with one attached hydrogen (secondary N) is 1. The number of carbonyl (C=O) groups excluding carboxylic acids is 3. The first-order valence-corrected chi connectivity index (χ1v) is 13.3. The van der Waals surface area contributed by atoms with E-state index in [1.807, 2.05) is 0 Å². The Labute approximate surface area is 215 Å². The largest absolute Gasteiger partial charge is 0.451 e. The summed E-state index contributed by atoms with van der Waals surface area (Å²) >= 11 is 0. The van der Waals surface area contributed by atoms with Crippen LogP contribution in [0.25, 0.3) is 11.3 Å².